The molecule has 0 fully saturated rings. The first-order valence-corrected chi connectivity index (χ1v) is 6.84. The van der Waals surface area contributed by atoms with Crippen LogP contribution in [0, 0.1) is 0 Å². The van der Waals surface area contributed by atoms with Crippen LogP contribution in [0.1, 0.15) is 39.0 Å². The van der Waals surface area contributed by atoms with Crippen LogP contribution in [0.25, 0.3) is 0 Å². The van der Waals surface area contributed by atoms with Gasteiger partial charge in [-0.1, -0.05) is 13.3 Å². The zero-order valence-corrected chi connectivity index (χ0v) is 11.7. The molecule has 1 aromatic carbocycles. The van der Waals surface area contributed by atoms with Gasteiger partial charge in [0, 0.05) is 18.1 Å². The minimum Gasteiger partial charge on any atom is -0.550 e. The Morgan fingerprint density at radius 2 is 1.85 bits per heavy atom. The van der Waals surface area contributed by atoms with E-state index in [1.165, 1.54) is 0 Å². The molecular weight excluding hydrogens is 258 g/mol. The van der Waals surface area contributed by atoms with E-state index >= 15 is 0 Å². The molecule has 0 saturated carbocycles. The van der Waals surface area contributed by atoms with Crippen LogP contribution in [-0.4, -0.2) is 18.5 Å². The number of carbonyl (C=O) groups excluding carboxylic acids is 2. The molecule has 0 atom stereocenters. The van der Waals surface area contributed by atoms with Crippen LogP contribution < -0.4 is 15.2 Å². The highest BCUT2D eigenvalue weighted by molar-refractivity contribution is 5.90. The highest BCUT2D eigenvalue weighted by atomic mass is 16.5. The lowest BCUT2D eigenvalue weighted by molar-refractivity contribution is -0.305. The first kappa shape index (κ1) is 16.0. The third-order valence-corrected chi connectivity index (χ3v) is 2.69. The smallest absolute Gasteiger partial charge is 0.224 e. The molecule has 0 unspecified atom stereocenters. The lowest BCUT2D eigenvalue weighted by atomic mass is 10.2. The minimum atomic E-state index is -1.13. The second-order valence-electron chi connectivity index (χ2n) is 4.50. The molecule has 0 aliphatic heterocycles. The molecule has 1 N–H and O–H groups in total. The van der Waals surface area contributed by atoms with Crippen molar-refractivity contribution in [2.24, 2.45) is 0 Å². The Kier molecular flexibility index (Phi) is 7.17. The van der Waals surface area contributed by atoms with E-state index in [1.54, 1.807) is 24.3 Å². The summed E-state index contributed by atoms with van der Waals surface area (Å²) in [7, 11) is 0. The fourth-order valence-corrected chi connectivity index (χ4v) is 1.59. The van der Waals surface area contributed by atoms with E-state index in [9.17, 15) is 14.7 Å². The van der Waals surface area contributed by atoms with Gasteiger partial charge < -0.3 is 20.0 Å². The summed E-state index contributed by atoms with van der Waals surface area (Å²) in [5.74, 6) is -0.564. The van der Waals surface area contributed by atoms with Gasteiger partial charge >= 0.3 is 0 Å². The number of hydrogen-bond donors (Lipinski definition) is 1. The van der Waals surface area contributed by atoms with Gasteiger partial charge in [-0.3, -0.25) is 4.79 Å². The molecule has 0 aliphatic rings. The van der Waals surface area contributed by atoms with Crippen molar-refractivity contribution in [3.8, 4) is 5.75 Å². The summed E-state index contributed by atoms with van der Waals surface area (Å²) in [6, 6.07) is 7.12. The van der Waals surface area contributed by atoms with E-state index in [-0.39, 0.29) is 25.2 Å². The number of amides is 1. The maximum Gasteiger partial charge on any atom is 0.224 e. The Morgan fingerprint density at radius 1 is 1.15 bits per heavy atom. The van der Waals surface area contributed by atoms with Crippen LogP contribution in [0.3, 0.4) is 0 Å². The van der Waals surface area contributed by atoms with Gasteiger partial charge in [0.2, 0.25) is 5.91 Å². The summed E-state index contributed by atoms with van der Waals surface area (Å²) in [5, 5.41) is 12.9. The van der Waals surface area contributed by atoms with Crippen molar-refractivity contribution in [2.75, 3.05) is 11.9 Å². The Labute approximate surface area is 118 Å². The molecular formula is C15H20NO4-. The summed E-state index contributed by atoms with van der Waals surface area (Å²) in [4.78, 5) is 21.8. The van der Waals surface area contributed by atoms with Gasteiger partial charge in [0.1, 0.15) is 5.75 Å². The predicted molar refractivity (Wildman–Crippen MR) is 74.3 cm³/mol. The molecule has 0 radical (unpaired) electrons. The number of unbranched alkanes of at least 4 members (excludes halogenated alkanes) is 1. The van der Waals surface area contributed by atoms with Crippen LogP contribution in [-0.2, 0) is 9.59 Å². The number of carboxylic acids is 1. The SMILES string of the molecule is CCCCOc1ccc(NC(=O)CCCC(=O)[O-])cc1. The second kappa shape index (κ2) is 8.96. The molecule has 5 nitrogen and oxygen atoms in total. The maximum atomic E-state index is 11.5. The van der Waals surface area contributed by atoms with Crippen molar-refractivity contribution >= 4 is 17.6 Å². The molecule has 0 heterocycles. The Balaban J connectivity index is 2.33. The average molecular weight is 278 g/mol. The summed E-state index contributed by atoms with van der Waals surface area (Å²) in [6.45, 7) is 2.79. The fourth-order valence-electron chi connectivity index (χ4n) is 1.59. The number of ether oxygens (including phenoxy) is 1. The van der Waals surface area contributed by atoms with E-state index in [1.807, 2.05) is 0 Å². The Morgan fingerprint density at radius 3 is 2.45 bits per heavy atom. The number of nitrogens with one attached hydrogen (secondary N) is 1. The fraction of sp³-hybridized carbons (Fsp3) is 0.467. The highest BCUT2D eigenvalue weighted by Gasteiger charge is 2.02. The largest absolute Gasteiger partial charge is 0.550 e. The van der Waals surface area contributed by atoms with Gasteiger partial charge in [0.05, 0.1) is 6.61 Å². The number of rotatable bonds is 9. The topological polar surface area (TPSA) is 78.5 Å². The van der Waals surface area contributed by atoms with Gasteiger partial charge in [0.25, 0.3) is 0 Å². The van der Waals surface area contributed by atoms with Crippen LogP contribution in [0.15, 0.2) is 24.3 Å². The third kappa shape index (κ3) is 6.78. The molecule has 1 amide bonds. The molecule has 0 saturated heterocycles. The predicted octanol–water partition coefficient (Wildman–Crippen LogP) is 1.72. The van der Waals surface area contributed by atoms with Gasteiger partial charge in [-0.15, -0.1) is 0 Å². The van der Waals surface area contributed by atoms with Crippen LogP contribution >= 0.6 is 0 Å². The molecule has 0 aromatic heterocycles. The first-order chi connectivity index (χ1) is 9.61. The second-order valence-corrected chi connectivity index (χ2v) is 4.50. The number of hydrogen-bond acceptors (Lipinski definition) is 4. The van der Waals surface area contributed by atoms with E-state index in [0.717, 1.165) is 18.6 Å². The van der Waals surface area contributed by atoms with Crippen molar-refractivity contribution < 1.29 is 19.4 Å². The summed E-state index contributed by atoms with van der Waals surface area (Å²) in [5.41, 5.74) is 0.672. The Bertz CT molecular complexity index is 428. The number of carboxylic acid groups (broad SMARTS) is 1. The van der Waals surface area contributed by atoms with E-state index in [4.69, 9.17) is 4.74 Å². The van der Waals surface area contributed by atoms with Crippen LogP contribution in [0.4, 0.5) is 5.69 Å². The summed E-state index contributed by atoms with van der Waals surface area (Å²) < 4.78 is 5.51. The average Bonchev–Trinajstić information content (AvgIpc) is 2.40. The number of benzene rings is 1. The van der Waals surface area contributed by atoms with Crippen molar-refractivity contribution in [3.05, 3.63) is 24.3 Å². The summed E-state index contributed by atoms with van der Waals surface area (Å²) in [6.07, 6.45) is 2.45. The molecule has 5 heteroatoms. The lowest BCUT2D eigenvalue weighted by Crippen LogP contribution is -2.22. The molecule has 0 bridgehead atoms. The highest BCUT2D eigenvalue weighted by Crippen LogP contribution is 2.16. The van der Waals surface area contributed by atoms with E-state index in [2.05, 4.69) is 12.2 Å². The van der Waals surface area contributed by atoms with Gasteiger partial charge in [-0.2, -0.15) is 0 Å². The van der Waals surface area contributed by atoms with E-state index < -0.39 is 5.97 Å². The van der Waals surface area contributed by atoms with Gasteiger partial charge in [-0.05, 0) is 43.5 Å². The zero-order chi connectivity index (χ0) is 14.8. The van der Waals surface area contributed by atoms with Gasteiger partial charge in [0.15, 0.2) is 0 Å². The van der Waals surface area contributed by atoms with Crippen molar-refractivity contribution in [2.45, 2.75) is 39.0 Å². The van der Waals surface area contributed by atoms with Crippen molar-refractivity contribution in [1.29, 1.82) is 0 Å². The lowest BCUT2D eigenvalue weighted by Gasteiger charge is -2.08. The molecule has 1 aromatic rings. The van der Waals surface area contributed by atoms with Crippen LogP contribution in [0.5, 0.6) is 5.75 Å². The maximum absolute atomic E-state index is 11.5. The molecule has 20 heavy (non-hydrogen) atoms. The zero-order valence-electron chi connectivity index (χ0n) is 11.7. The Hall–Kier alpha value is -2.04. The molecule has 110 valence electrons. The first-order valence-electron chi connectivity index (χ1n) is 6.84. The number of anilines is 1. The monoisotopic (exact) mass is 278 g/mol. The normalized spacial score (nSPS) is 10.1. The van der Waals surface area contributed by atoms with Crippen molar-refractivity contribution in [3.63, 3.8) is 0 Å². The molecule has 1 rings (SSSR count). The molecule has 0 spiro atoms. The minimum absolute atomic E-state index is 0.0996. The number of aliphatic carboxylic acids is 1. The van der Waals surface area contributed by atoms with E-state index in [0.29, 0.717) is 12.3 Å². The summed E-state index contributed by atoms with van der Waals surface area (Å²) >= 11 is 0. The molecule has 0 aliphatic carbocycles. The van der Waals surface area contributed by atoms with Crippen molar-refractivity contribution in [1.82, 2.24) is 0 Å². The quantitative estimate of drug-likeness (QED) is 0.698. The number of carbonyl (C=O) groups is 2. The van der Waals surface area contributed by atoms with Crippen LogP contribution in [0.2, 0.25) is 0 Å². The standard InChI is InChI=1S/C15H21NO4/c1-2-3-11-20-13-9-7-12(8-10-13)16-14(17)5-4-6-15(18)19/h7-10H,2-6,11H2,1H3,(H,16,17)(H,18,19)/p-1. The van der Waals surface area contributed by atoms with Gasteiger partial charge in [-0.25, -0.2) is 0 Å². The third-order valence-electron chi connectivity index (χ3n) is 2.69.